The minimum atomic E-state index is -1.05. The van der Waals surface area contributed by atoms with Gasteiger partial charge in [-0.15, -0.1) is 11.6 Å². The summed E-state index contributed by atoms with van der Waals surface area (Å²) in [5.41, 5.74) is 1.31. The number of hydrogen-bond donors (Lipinski definition) is 0. The molecule has 0 spiro atoms. The lowest BCUT2D eigenvalue weighted by molar-refractivity contribution is -0.151. The maximum Gasteiger partial charge on any atom is 0.338 e. The second-order valence-corrected chi connectivity index (χ2v) is 9.38. The second-order valence-electron chi connectivity index (χ2n) is 8.57. The second kappa shape index (κ2) is 13.4. The molecule has 3 rings (SSSR count). The van der Waals surface area contributed by atoms with Gasteiger partial charge in [-0.3, -0.25) is 14.4 Å². The Kier molecular flexibility index (Phi) is 10.3. The summed E-state index contributed by atoms with van der Waals surface area (Å²) in [4.78, 5) is 52.0. The zero-order valence-electron chi connectivity index (χ0n) is 20.1. The minimum Gasteiger partial charge on any atom is -0.462 e. The van der Waals surface area contributed by atoms with E-state index in [4.69, 9.17) is 32.7 Å². The lowest BCUT2D eigenvalue weighted by atomic mass is 10.0. The van der Waals surface area contributed by atoms with Crippen LogP contribution in [-0.2, 0) is 19.1 Å². The summed E-state index contributed by atoms with van der Waals surface area (Å²) in [6, 6.07) is 12.8. The highest BCUT2D eigenvalue weighted by Gasteiger charge is 2.38. The van der Waals surface area contributed by atoms with Crippen molar-refractivity contribution in [2.24, 2.45) is 5.92 Å². The number of unbranched alkanes of at least 4 members (excludes halogenated alkanes) is 2. The fourth-order valence-corrected chi connectivity index (χ4v) is 4.20. The van der Waals surface area contributed by atoms with E-state index in [-0.39, 0.29) is 37.0 Å². The number of rotatable bonds is 12. The van der Waals surface area contributed by atoms with Crippen LogP contribution in [0.2, 0.25) is 5.02 Å². The molecule has 1 heterocycles. The Morgan fingerprint density at radius 2 is 1.69 bits per heavy atom. The predicted molar refractivity (Wildman–Crippen MR) is 138 cm³/mol. The zero-order chi connectivity index (χ0) is 26.1. The number of benzene rings is 2. The summed E-state index contributed by atoms with van der Waals surface area (Å²) in [5, 5.41) is 0.485. The van der Waals surface area contributed by atoms with Crippen molar-refractivity contribution in [3.8, 4) is 0 Å². The average molecular weight is 534 g/mol. The van der Waals surface area contributed by atoms with Gasteiger partial charge in [0.2, 0.25) is 11.7 Å². The van der Waals surface area contributed by atoms with Crippen molar-refractivity contribution in [2.45, 2.75) is 45.1 Å². The van der Waals surface area contributed by atoms with E-state index < -0.39 is 24.0 Å². The molecule has 0 radical (unpaired) electrons. The Morgan fingerprint density at radius 3 is 2.33 bits per heavy atom. The molecule has 0 aliphatic carbocycles. The molecule has 2 aromatic carbocycles. The smallest absolute Gasteiger partial charge is 0.338 e. The van der Waals surface area contributed by atoms with Crippen molar-refractivity contribution in [1.29, 1.82) is 0 Å². The monoisotopic (exact) mass is 533 g/mol. The summed E-state index contributed by atoms with van der Waals surface area (Å²) < 4.78 is 10.8. The van der Waals surface area contributed by atoms with E-state index in [0.717, 1.165) is 19.3 Å². The summed E-state index contributed by atoms with van der Waals surface area (Å²) >= 11 is 11.7. The van der Waals surface area contributed by atoms with E-state index in [1.165, 1.54) is 4.90 Å². The first-order valence-corrected chi connectivity index (χ1v) is 12.9. The largest absolute Gasteiger partial charge is 0.462 e. The topological polar surface area (TPSA) is 90.0 Å². The van der Waals surface area contributed by atoms with Gasteiger partial charge in [0, 0.05) is 41.5 Å². The van der Waals surface area contributed by atoms with Gasteiger partial charge in [0.1, 0.15) is 0 Å². The molecule has 1 amide bonds. The molecular formula is C27H29Cl2NO6. The van der Waals surface area contributed by atoms with E-state index in [9.17, 15) is 19.2 Å². The van der Waals surface area contributed by atoms with E-state index in [1.54, 1.807) is 48.5 Å². The van der Waals surface area contributed by atoms with E-state index in [0.29, 0.717) is 28.4 Å². The molecule has 1 saturated heterocycles. The summed E-state index contributed by atoms with van der Waals surface area (Å²) in [7, 11) is 0. The molecule has 1 aliphatic rings. The molecule has 9 heteroatoms. The number of nitrogens with zero attached hydrogens (tertiary/aromatic N) is 1. The average Bonchev–Trinajstić information content (AvgIpc) is 3.28. The van der Waals surface area contributed by atoms with Crippen LogP contribution in [0.4, 0.5) is 5.69 Å². The van der Waals surface area contributed by atoms with Crippen molar-refractivity contribution < 1.29 is 28.7 Å². The molecule has 2 aromatic rings. The number of carbonyl (C=O) groups excluding carboxylic acids is 4. The van der Waals surface area contributed by atoms with Crippen LogP contribution in [-0.4, -0.2) is 48.8 Å². The molecule has 36 heavy (non-hydrogen) atoms. The zero-order valence-corrected chi connectivity index (χ0v) is 21.6. The molecule has 0 aromatic heterocycles. The summed E-state index contributed by atoms with van der Waals surface area (Å²) in [6.45, 7) is 2.55. The van der Waals surface area contributed by atoms with Gasteiger partial charge in [0.25, 0.3) is 0 Å². The van der Waals surface area contributed by atoms with Crippen LogP contribution in [0, 0.1) is 5.92 Å². The SMILES string of the molecule is CCCCCOC(=O)c1ccc(N2C[C@@H](C(=O)O[C@@H](CCCl)C(=O)c3ccc(Cl)cc3)CC2=O)cc1. The Labute approximate surface area is 220 Å². The molecule has 7 nitrogen and oxygen atoms in total. The van der Waals surface area contributed by atoms with Gasteiger partial charge in [-0.2, -0.15) is 0 Å². The van der Waals surface area contributed by atoms with Crippen LogP contribution in [0.25, 0.3) is 0 Å². The number of Topliss-reactive ketones (excluding diaryl/α,β-unsaturated/α-hetero) is 1. The normalized spacial score (nSPS) is 16.0. The third kappa shape index (κ3) is 7.31. The molecule has 192 valence electrons. The van der Waals surface area contributed by atoms with Crippen molar-refractivity contribution in [1.82, 2.24) is 0 Å². The lowest BCUT2D eigenvalue weighted by Gasteiger charge is -2.19. The number of ketones is 1. The third-order valence-electron chi connectivity index (χ3n) is 5.90. The maximum absolute atomic E-state index is 12.9. The van der Waals surface area contributed by atoms with Gasteiger partial charge in [0.15, 0.2) is 6.10 Å². The number of ether oxygens (including phenoxy) is 2. The van der Waals surface area contributed by atoms with Gasteiger partial charge in [-0.05, 0) is 55.0 Å². The van der Waals surface area contributed by atoms with E-state index >= 15 is 0 Å². The fourth-order valence-electron chi connectivity index (χ4n) is 3.87. The Balaban J connectivity index is 1.60. The van der Waals surface area contributed by atoms with Crippen LogP contribution in [0.15, 0.2) is 48.5 Å². The number of halogens is 2. The summed E-state index contributed by atoms with van der Waals surface area (Å²) in [5.74, 6) is -2.26. The van der Waals surface area contributed by atoms with Crippen LogP contribution in [0.5, 0.6) is 0 Å². The lowest BCUT2D eigenvalue weighted by Crippen LogP contribution is -2.32. The standard InChI is InChI=1S/C27H29Cl2NO6/c1-2-3-4-15-35-26(33)19-7-11-22(12-8-19)30-17-20(16-24(30)31)27(34)36-23(13-14-28)25(32)18-5-9-21(29)10-6-18/h5-12,20,23H,2-4,13-17H2,1H3/t20-,23-/m0/s1. The Hall–Kier alpha value is -2.90. The van der Waals surface area contributed by atoms with Crippen LogP contribution < -0.4 is 4.90 Å². The first-order chi connectivity index (χ1) is 17.3. The Morgan fingerprint density at radius 1 is 1.03 bits per heavy atom. The van der Waals surface area contributed by atoms with Crippen LogP contribution in [0.1, 0.15) is 59.7 Å². The number of esters is 2. The number of amides is 1. The summed E-state index contributed by atoms with van der Waals surface area (Å²) in [6.07, 6.45) is 1.91. The molecule has 0 bridgehead atoms. The molecule has 0 unspecified atom stereocenters. The van der Waals surface area contributed by atoms with Crippen LogP contribution >= 0.6 is 23.2 Å². The first kappa shape index (κ1) is 27.7. The minimum absolute atomic E-state index is 0.0389. The first-order valence-electron chi connectivity index (χ1n) is 12.0. The quantitative estimate of drug-likeness (QED) is 0.155. The molecule has 1 aliphatic heterocycles. The molecule has 2 atom stereocenters. The number of hydrogen-bond acceptors (Lipinski definition) is 6. The van der Waals surface area contributed by atoms with Gasteiger partial charge in [0.05, 0.1) is 18.1 Å². The number of carbonyl (C=O) groups is 4. The molecule has 0 saturated carbocycles. The van der Waals surface area contributed by atoms with Crippen molar-refractivity contribution in [3.63, 3.8) is 0 Å². The third-order valence-corrected chi connectivity index (χ3v) is 6.38. The number of anilines is 1. The Bertz CT molecular complexity index is 1070. The van der Waals surface area contributed by atoms with Crippen LogP contribution in [0.3, 0.4) is 0 Å². The highest BCUT2D eigenvalue weighted by Crippen LogP contribution is 2.27. The van der Waals surface area contributed by atoms with Gasteiger partial charge >= 0.3 is 11.9 Å². The van der Waals surface area contributed by atoms with E-state index in [1.807, 2.05) is 0 Å². The number of alkyl halides is 1. The van der Waals surface area contributed by atoms with Crippen molar-refractivity contribution in [2.75, 3.05) is 23.9 Å². The van der Waals surface area contributed by atoms with Crippen molar-refractivity contribution >= 4 is 52.5 Å². The van der Waals surface area contributed by atoms with Gasteiger partial charge in [-0.25, -0.2) is 4.79 Å². The fraction of sp³-hybridized carbons (Fsp3) is 0.407. The predicted octanol–water partition coefficient (Wildman–Crippen LogP) is 5.46. The van der Waals surface area contributed by atoms with E-state index in [2.05, 4.69) is 6.92 Å². The molecule has 0 N–H and O–H groups in total. The molecule has 1 fully saturated rings. The van der Waals surface area contributed by atoms with Crippen molar-refractivity contribution in [3.05, 3.63) is 64.7 Å². The highest BCUT2D eigenvalue weighted by molar-refractivity contribution is 6.30. The highest BCUT2D eigenvalue weighted by atomic mass is 35.5. The molecular weight excluding hydrogens is 505 g/mol. The van der Waals surface area contributed by atoms with Gasteiger partial charge in [-0.1, -0.05) is 31.4 Å². The van der Waals surface area contributed by atoms with Gasteiger partial charge < -0.3 is 14.4 Å². The maximum atomic E-state index is 12.9.